The SMILES string of the molecule is c1ncn(CCCSc2ccc(C3CCCCC3)cc2)n1. The summed E-state index contributed by atoms with van der Waals surface area (Å²) in [6.45, 7) is 0.952. The molecule has 112 valence electrons. The van der Waals surface area contributed by atoms with E-state index in [0.29, 0.717) is 0 Å². The third-order valence-electron chi connectivity index (χ3n) is 4.22. The Labute approximate surface area is 131 Å². The molecule has 3 nitrogen and oxygen atoms in total. The Bertz CT molecular complexity index is 515. The minimum atomic E-state index is 0.810. The minimum absolute atomic E-state index is 0.810. The van der Waals surface area contributed by atoms with Crippen LogP contribution in [0.25, 0.3) is 0 Å². The van der Waals surface area contributed by atoms with Gasteiger partial charge in [-0.05, 0) is 48.6 Å². The predicted molar refractivity (Wildman–Crippen MR) is 87.6 cm³/mol. The predicted octanol–water partition coefficient (Wildman–Crippen LogP) is 4.51. The van der Waals surface area contributed by atoms with Gasteiger partial charge in [0.25, 0.3) is 0 Å². The number of aromatic nitrogens is 3. The smallest absolute Gasteiger partial charge is 0.137 e. The molecule has 21 heavy (non-hydrogen) atoms. The van der Waals surface area contributed by atoms with E-state index in [1.807, 2.05) is 16.4 Å². The molecule has 1 saturated carbocycles. The molecule has 0 atom stereocenters. The van der Waals surface area contributed by atoms with Gasteiger partial charge in [-0.15, -0.1) is 11.8 Å². The number of hydrogen-bond acceptors (Lipinski definition) is 3. The number of aryl methyl sites for hydroxylation is 1. The molecule has 1 fully saturated rings. The first-order chi connectivity index (χ1) is 10.4. The van der Waals surface area contributed by atoms with E-state index in [9.17, 15) is 0 Å². The number of rotatable bonds is 6. The van der Waals surface area contributed by atoms with Crippen LogP contribution in [0.1, 0.15) is 50.0 Å². The van der Waals surface area contributed by atoms with Gasteiger partial charge in [0, 0.05) is 11.4 Å². The molecule has 0 unspecified atom stereocenters. The summed E-state index contributed by atoms with van der Waals surface area (Å²) < 4.78 is 1.90. The van der Waals surface area contributed by atoms with Crippen LogP contribution in [0.5, 0.6) is 0 Å². The normalized spacial score (nSPS) is 16.2. The van der Waals surface area contributed by atoms with Crippen molar-refractivity contribution in [2.75, 3.05) is 5.75 Å². The first kappa shape index (κ1) is 14.6. The fourth-order valence-electron chi connectivity index (χ4n) is 3.04. The summed E-state index contributed by atoms with van der Waals surface area (Å²) in [5.74, 6) is 1.94. The molecule has 0 N–H and O–H groups in total. The molecule has 1 aromatic heterocycles. The number of hydrogen-bond donors (Lipinski definition) is 0. The lowest BCUT2D eigenvalue weighted by Crippen LogP contribution is -2.04. The topological polar surface area (TPSA) is 30.7 Å². The molecule has 0 saturated heterocycles. The van der Waals surface area contributed by atoms with Crippen molar-refractivity contribution in [1.82, 2.24) is 14.8 Å². The van der Waals surface area contributed by atoms with Crippen molar-refractivity contribution in [3.8, 4) is 0 Å². The van der Waals surface area contributed by atoms with Crippen LogP contribution in [-0.2, 0) is 6.54 Å². The maximum atomic E-state index is 4.12. The summed E-state index contributed by atoms with van der Waals surface area (Å²) in [4.78, 5) is 5.34. The monoisotopic (exact) mass is 301 g/mol. The van der Waals surface area contributed by atoms with E-state index in [-0.39, 0.29) is 0 Å². The van der Waals surface area contributed by atoms with Gasteiger partial charge in [0.15, 0.2) is 0 Å². The highest BCUT2D eigenvalue weighted by Crippen LogP contribution is 2.33. The average Bonchev–Trinajstić information content (AvgIpc) is 3.06. The molecule has 0 spiro atoms. The average molecular weight is 301 g/mol. The highest BCUT2D eigenvalue weighted by molar-refractivity contribution is 7.99. The number of benzene rings is 1. The second kappa shape index (κ2) is 7.64. The molecule has 0 bridgehead atoms. The molecule has 1 aromatic carbocycles. The first-order valence-electron chi connectivity index (χ1n) is 7.97. The van der Waals surface area contributed by atoms with Crippen LogP contribution >= 0.6 is 11.8 Å². The minimum Gasteiger partial charge on any atom is -0.253 e. The van der Waals surface area contributed by atoms with Gasteiger partial charge in [-0.3, -0.25) is 4.68 Å². The van der Waals surface area contributed by atoms with Crippen LogP contribution in [0.3, 0.4) is 0 Å². The summed E-state index contributed by atoms with van der Waals surface area (Å²) in [5, 5.41) is 4.12. The van der Waals surface area contributed by atoms with Gasteiger partial charge in [-0.25, -0.2) is 4.98 Å². The molecule has 1 heterocycles. The molecule has 3 rings (SSSR count). The van der Waals surface area contributed by atoms with Crippen molar-refractivity contribution in [1.29, 1.82) is 0 Å². The Morgan fingerprint density at radius 1 is 1.10 bits per heavy atom. The van der Waals surface area contributed by atoms with E-state index in [1.165, 1.54) is 37.0 Å². The molecule has 0 aliphatic heterocycles. The van der Waals surface area contributed by atoms with E-state index in [0.717, 1.165) is 24.6 Å². The zero-order valence-corrected chi connectivity index (χ0v) is 13.3. The van der Waals surface area contributed by atoms with Gasteiger partial charge < -0.3 is 0 Å². The lowest BCUT2D eigenvalue weighted by molar-refractivity contribution is 0.443. The standard InChI is InChI=1S/C17H23N3S/c1-2-5-15(6-3-1)16-7-9-17(10-8-16)21-12-4-11-20-14-18-13-19-20/h7-10,13-15H,1-6,11-12H2. The Kier molecular flexibility index (Phi) is 5.33. The second-order valence-corrected chi connectivity index (χ2v) is 6.93. The Morgan fingerprint density at radius 2 is 1.90 bits per heavy atom. The van der Waals surface area contributed by atoms with Crippen LogP contribution in [0.2, 0.25) is 0 Å². The van der Waals surface area contributed by atoms with Crippen molar-refractivity contribution in [3.63, 3.8) is 0 Å². The summed E-state index contributed by atoms with van der Waals surface area (Å²) in [7, 11) is 0. The van der Waals surface area contributed by atoms with Gasteiger partial charge in [-0.1, -0.05) is 31.4 Å². The van der Waals surface area contributed by atoms with Crippen molar-refractivity contribution < 1.29 is 0 Å². The van der Waals surface area contributed by atoms with Crippen molar-refractivity contribution >= 4 is 11.8 Å². The third kappa shape index (κ3) is 4.34. The third-order valence-corrected chi connectivity index (χ3v) is 5.32. The summed E-state index contributed by atoms with van der Waals surface area (Å²) >= 11 is 1.94. The zero-order valence-electron chi connectivity index (χ0n) is 12.4. The van der Waals surface area contributed by atoms with Crippen molar-refractivity contribution in [2.24, 2.45) is 0 Å². The first-order valence-corrected chi connectivity index (χ1v) is 8.95. The molecule has 1 aliphatic carbocycles. The van der Waals surface area contributed by atoms with Crippen molar-refractivity contribution in [3.05, 3.63) is 42.5 Å². The van der Waals surface area contributed by atoms with Crippen LogP contribution in [-0.4, -0.2) is 20.5 Å². The van der Waals surface area contributed by atoms with Gasteiger partial charge in [0.2, 0.25) is 0 Å². The van der Waals surface area contributed by atoms with E-state index >= 15 is 0 Å². The van der Waals surface area contributed by atoms with Crippen molar-refractivity contribution in [2.45, 2.75) is 55.9 Å². The summed E-state index contributed by atoms with van der Waals surface area (Å²) in [6, 6.07) is 9.28. The summed E-state index contributed by atoms with van der Waals surface area (Å²) in [5.41, 5.74) is 1.54. The second-order valence-electron chi connectivity index (χ2n) is 5.76. The highest BCUT2D eigenvalue weighted by atomic mass is 32.2. The van der Waals surface area contributed by atoms with Gasteiger partial charge in [0.05, 0.1) is 0 Å². The Morgan fingerprint density at radius 3 is 2.62 bits per heavy atom. The van der Waals surface area contributed by atoms with E-state index in [1.54, 1.807) is 18.2 Å². The number of thioether (sulfide) groups is 1. The van der Waals surface area contributed by atoms with Crippen LogP contribution in [0.15, 0.2) is 41.8 Å². The van der Waals surface area contributed by atoms with E-state index in [4.69, 9.17) is 0 Å². The zero-order chi connectivity index (χ0) is 14.3. The fourth-order valence-corrected chi connectivity index (χ4v) is 3.87. The molecule has 2 aromatic rings. The largest absolute Gasteiger partial charge is 0.253 e. The molecule has 1 aliphatic rings. The fraction of sp³-hybridized carbons (Fsp3) is 0.529. The van der Waals surface area contributed by atoms with Crippen LogP contribution in [0.4, 0.5) is 0 Å². The summed E-state index contributed by atoms with van der Waals surface area (Å²) in [6.07, 6.45) is 11.5. The molecular weight excluding hydrogens is 278 g/mol. The molecule has 0 amide bonds. The maximum Gasteiger partial charge on any atom is 0.137 e. The van der Waals surface area contributed by atoms with E-state index < -0.39 is 0 Å². The maximum absolute atomic E-state index is 4.12. The van der Waals surface area contributed by atoms with Gasteiger partial charge >= 0.3 is 0 Å². The van der Waals surface area contributed by atoms with Gasteiger partial charge in [0.1, 0.15) is 12.7 Å². The molecule has 4 heteroatoms. The molecule has 0 radical (unpaired) electrons. The lowest BCUT2D eigenvalue weighted by atomic mass is 9.84. The van der Waals surface area contributed by atoms with Gasteiger partial charge in [-0.2, -0.15) is 5.10 Å². The Balaban J connectivity index is 1.43. The van der Waals surface area contributed by atoms with Crippen LogP contribution < -0.4 is 0 Å². The quantitative estimate of drug-likeness (QED) is 0.581. The van der Waals surface area contributed by atoms with Crippen LogP contribution in [0, 0.1) is 0 Å². The highest BCUT2D eigenvalue weighted by Gasteiger charge is 2.14. The Hall–Kier alpha value is -1.29. The van der Waals surface area contributed by atoms with E-state index in [2.05, 4.69) is 34.3 Å². The number of nitrogens with zero attached hydrogens (tertiary/aromatic N) is 3. The lowest BCUT2D eigenvalue weighted by Gasteiger charge is -2.22. The molecular formula is C17H23N3S.